The van der Waals surface area contributed by atoms with E-state index in [0.29, 0.717) is 0 Å². The van der Waals surface area contributed by atoms with Crippen molar-refractivity contribution in [2.24, 2.45) is 0 Å². The van der Waals surface area contributed by atoms with Crippen LogP contribution in [0.2, 0.25) is 0 Å². The van der Waals surface area contributed by atoms with Crippen LogP contribution in [0.4, 0.5) is 0 Å². The topological polar surface area (TPSA) is 19.1 Å². The molecule has 0 atom stereocenters. The lowest BCUT2D eigenvalue weighted by atomic mass is 9.64. The van der Waals surface area contributed by atoms with Gasteiger partial charge in [0.15, 0.2) is 0 Å². The average Bonchev–Trinajstić information content (AvgIpc) is 3.99. The van der Waals surface area contributed by atoms with Crippen molar-refractivity contribution >= 4 is 49.2 Å². The number of rotatable bonds is 4. The first-order valence-corrected chi connectivity index (χ1v) is 22.4. The molecule has 0 N–H and O–H groups in total. The fraction of sp³-hybridized carbons (Fsp3) is 0.0492. The monoisotopic (exact) mass is 816 g/mol. The van der Waals surface area contributed by atoms with Gasteiger partial charge in [0.2, 0.25) is 0 Å². The van der Waals surface area contributed by atoms with Gasteiger partial charge in [-0.25, -0.2) is 0 Å². The summed E-state index contributed by atoms with van der Waals surface area (Å²) in [5.41, 5.74) is 18.7. The average molecular weight is 817 g/mol. The van der Waals surface area contributed by atoms with Gasteiger partial charge in [0.05, 0.1) is 27.5 Å². The van der Waals surface area contributed by atoms with E-state index in [4.69, 9.17) is 4.74 Å². The molecule has 9 aromatic carbocycles. The van der Waals surface area contributed by atoms with Crippen molar-refractivity contribution in [3.63, 3.8) is 0 Å². The molecule has 300 valence electrons. The summed E-state index contributed by atoms with van der Waals surface area (Å²) in [4.78, 5) is 0. The third-order valence-electron chi connectivity index (χ3n) is 14.2. The molecule has 3 nitrogen and oxygen atoms in total. The molecule has 0 fully saturated rings. The molecule has 0 radical (unpaired) electrons. The zero-order chi connectivity index (χ0) is 41.9. The van der Waals surface area contributed by atoms with Crippen molar-refractivity contribution < 1.29 is 4.74 Å². The zero-order valence-electron chi connectivity index (χ0n) is 35.0. The Morgan fingerprint density at radius 1 is 0.406 bits per heavy atom. The Kier molecular flexibility index (Phi) is 7.44. The second-order valence-corrected chi connectivity index (χ2v) is 17.4. The van der Waals surface area contributed by atoms with Crippen molar-refractivity contribution in [1.29, 1.82) is 0 Å². The van der Waals surface area contributed by atoms with Crippen molar-refractivity contribution in [3.8, 4) is 45.1 Å². The minimum atomic E-state index is -0.732. The van der Waals surface area contributed by atoms with Crippen LogP contribution in [0.1, 0.15) is 40.7 Å². The summed E-state index contributed by atoms with van der Waals surface area (Å²) in [5, 5.41) is 5.00. The summed E-state index contributed by atoms with van der Waals surface area (Å²) in [6.45, 7) is 0. The zero-order valence-corrected chi connectivity index (χ0v) is 35.0. The van der Waals surface area contributed by atoms with E-state index < -0.39 is 5.41 Å². The van der Waals surface area contributed by atoms with Crippen LogP contribution in [0.5, 0.6) is 11.5 Å². The summed E-state index contributed by atoms with van der Waals surface area (Å²) in [7, 11) is 0. The Bertz CT molecular complexity index is 3780. The summed E-state index contributed by atoms with van der Waals surface area (Å²) >= 11 is 0. The Hall–Kier alpha value is -8.14. The van der Waals surface area contributed by atoms with Gasteiger partial charge in [-0.05, 0) is 118 Å². The Labute approximate surface area is 371 Å². The maximum Gasteiger partial charge on any atom is 0.132 e. The Morgan fingerprint density at radius 3 is 1.52 bits per heavy atom. The van der Waals surface area contributed by atoms with E-state index in [9.17, 15) is 0 Å². The van der Waals surface area contributed by atoms with Crippen LogP contribution >= 0.6 is 0 Å². The predicted molar refractivity (Wildman–Crippen MR) is 264 cm³/mol. The number of para-hydroxylation sites is 4. The highest BCUT2D eigenvalue weighted by molar-refractivity contribution is 6.20. The largest absolute Gasteiger partial charge is 0.457 e. The molecule has 0 bridgehead atoms. The number of fused-ring (bicyclic) bond motifs is 17. The molecule has 14 rings (SSSR count). The molecule has 1 aliphatic heterocycles. The second-order valence-electron chi connectivity index (χ2n) is 17.4. The van der Waals surface area contributed by atoms with Gasteiger partial charge in [-0.3, -0.25) is 0 Å². The van der Waals surface area contributed by atoms with Gasteiger partial charge < -0.3 is 13.9 Å². The molecular weight excluding hydrogens is 777 g/mol. The number of hydrogen-bond donors (Lipinski definition) is 0. The van der Waals surface area contributed by atoms with E-state index >= 15 is 0 Å². The normalized spacial score (nSPS) is 14.4. The van der Waals surface area contributed by atoms with Crippen LogP contribution in [0.3, 0.4) is 0 Å². The first-order chi connectivity index (χ1) is 31.8. The Balaban J connectivity index is 1.14. The molecule has 0 saturated carbocycles. The highest BCUT2D eigenvalue weighted by atomic mass is 16.5. The molecule has 1 spiro atoms. The fourth-order valence-corrected chi connectivity index (χ4v) is 11.7. The predicted octanol–water partition coefficient (Wildman–Crippen LogP) is 15.7. The molecule has 2 aliphatic carbocycles. The van der Waals surface area contributed by atoms with E-state index in [2.05, 4.69) is 228 Å². The number of hydrogen-bond acceptors (Lipinski definition) is 1. The summed E-state index contributed by atoms with van der Waals surface area (Å²) < 4.78 is 11.9. The van der Waals surface area contributed by atoms with Crippen molar-refractivity contribution in [3.05, 3.63) is 246 Å². The summed E-state index contributed by atoms with van der Waals surface area (Å²) in [6, 6.07) is 73.9. The highest BCUT2D eigenvalue weighted by Crippen LogP contribution is 2.66. The van der Waals surface area contributed by atoms with Gasteiger partial charge in [-0.2, -0.15) is 0 Å². The van der Waals surface area contributed by atoms with Crippen LogP contribution in [-0.4, -0.2) is 9.13 Å². The van der Waals surface area contributed by atoms with Gasteiger partial charge >= 0.3 is 0 Å². The number of aromatic nitrogens is 2. The molecule has 0 amide bonds. The lowest BCUT2D eigenvalue weighted by Crippen LogP contribution is -2.32. The van der Waals surface area contributed by atoms with Crippen molar-refractivity contribution in [2.45, 2.75) is 18.3 Å². The third-order valence-corrected chi connectivity index (χ3v) is 14.2. The van der Waals surface area contributed by atoms with Crippen LogP contribution in [0.25, 0.3) is 82.8 Å². The quantitative estimate of drug-likeness (QED) is 0.173. The van der Waals surface area contributed by atoms with Crippen LogP contribution in [0.15, 0.2) is 218 Å². The molecule has 11 aromatic rings. The molecule has 3 heteroatoms. The van der Waals surface area contributed by atoms with Crippen LogP contribution in [-0.2, 0) is 5.41 Å². The van der Waals surface area contributed by atoms with E-state index in [1.165, 1.54) is 88.1 Å². The minimum absolute atomic E-state index is 0.732. The molecule has 3 aliphatic rings. The Morgan fingerprint density at radius 2 is 0.922 bits per heavy atom. The van der Waals surface area contributed by atoms with Crippen molar-refractivity contribution in [2.75, 3.05) is 0 Å². The molecule has 2 aromatic heterocycles. The van der Waals surface area contributed by atoms with Crippen LogP contribution in [0, 0.1) is 0 Å². The second kappa shape index (κ2) is 13.4. The SMILES string of the molecule is C1=CC(c2cccc(-n3c4ccccc4c4c5c(ccc43)-c3ccc4c(c3C53c5ccccc5Oc5ccccc53)c3ccccc3n4-c3cccc(-c4ccccc4)c3)c2)=CCC1. The first-order valence-electron chi connectivity index (χ1n) is 22.4. The standard InChI is InChI=1S/C61H40N2O/c1-3-17-39(18-4-1)41-21-15-23-43(37-41)62-51-29-11-7-25-47(51)57-53(62)35-33-45-46-34-36-54-58(60(46)61(59(45)57)49-27-9-13-31-55(49)64-56-32-14-10-28-50(56)61)48-26-8-12-30-52(48)63(54)44-24-16-22-42(38-44)40-19-5-2-6-20-40/h1,3-5,7-38H,2,6H2. The number of allylic oxidation sites excluding steroid dienone is 4. The highest BCUT2D eigenvalue weighted by Gasteiger charge is 2.53. The molecular formula is C61H40N2O. The lowest BCUT2D eigenvalue weighted by Gasteiger charge is -2.40. The lowest BCUT2D eigenvalue weighted by molar-refractivity contribution is 0.437. The molecule has 0 saturated heterocycles. The maximum absolute atomic E-state index is 6.95. The summed E-state index contributed by atoms with van der Waals surface area (Å²) in [5.74, 6) is 1.78. The number of ether oxygens (including phenoxy) is 1. The number of benzene rings is 9. The maximum atomic E-state index is 6.95. The smallest absolute Gasteiger partial charge is 0.132 e. The van der Waals surface area contributed by atoms with Gasteiger partial charge in [0, 0.05) is 44.0 Å². The van der Waals surface area contributed by atoms with E-state index in [0.717, 1.165) is 46.8 Å². The van der Waals surface area contributed by atoms with Gasteiger partial charge in [0.25, 0.3) is 0 Å². The van der Waals surface area contributed by atoms with E-state index in [1.54, 1.807) is 0 Å². The van der Waals surface area contributed by atoms with Gasteiger partial charge in [-0.15, -0.1) is 0 Å². The van der Waals surface area contributed by atoms with Crippen molar-refractivity contribution in [1.82, 2.24) is 9.13 Å². The fourth-order valence-electron chi connectivity index (χ4n) is 11.7. The number of nitrogens with zero attached hydrogens (tertiary/aromatic N) is 2. The van der Waals surface area contributed by atoms with Gasteiger partial charge in [-0.1, -0.05) is 158 Å². The van der Waals surface area contributed by atoms with E-state index in [-0.39, 0.29) is 0 Å². The summed E-state index contributed by atoms with van der Waals surface area (Å²) in [6.07, 6.45) is 9.11. The molecule has 3 heterocycles. The minimum Gasteiger partial charge on any atom is -0.457 e. The molecule has 0 unspecified atom stereocenters. The molecule has 64 heavy (non-hydrogen) atoms. The van der Waals surface area contributed by atoms with E-state index in [1.807, 2.05) is 0 Å². The van der Waals surface area contributed by atoms with Gasteiger partial charge in [0.1, 0.15) is 11.5 Å². The van der Waals surface area contributed by atoms with Crippen LogP contribution < -0.4 is 4.74 Å². The first kappa shape index (κ1) is 35.5. The third kappa shape index (κ3) is 4.76.